The first-order valence-electron chi connectivity index (χ1n) is 8.46. The van der Waals surface area contributed by atoms with Gasteiger partial charge < -0.3 is 0 Å². The third-order valence-electron chi connectivity index (χ3n) is 3.76. The molecule has 3 nitrogen and oxygen atoms in total. The Morgan fingerprint density at radius 2 is 0.769 bits per heavy atom. The van der Waals surface area contributed by atoms with Gasteiger partial charge in [0.25, 0.3) is 0 Å². The Kier molecular flexibility index (Phi) is 8.02. The minimum absolute atomic E-state index is 0.503. The summed E-state index contributed by atoms with van der Waals surface area (Å²) >= 11 is -1.38. The fraction of sp³-hybridized carbons (Fsp3) is 0.143. The zero-order valence-corrected chi connectivity index (χ0v) is 19.0. The SMILES string of the molecule is [I][Zr]([O]Cc1ccccc1)([O]Cc1ccccc1)[O]Cc1ccccc1. The first kappa shape index (κ1) is 19.9. The van der Waals surface area contributed by atoms with Crippen LogP contribution in [0.5, 0.6) is 0 Å². The first-order chi connectivity index (χ1) is 12.7. The zero-order valence-electron chi connectivity index (χ0n) is 14.4. The molecule has 0 spiro atoms. The second-order valence-corrected chi connectivity index (χ2v) is 18.1. The van der Waals surface area contributed by atoms with Crippen molar-refractivity contribution in [3.8, 4) is 0 Å². The predicted octanol–water partition coefficient (Wildman–Crippen LogP) is 5.89. The van der Waals surface area contributed by atoms with Crippen LogP contribution in [0.3, 0.4) is 0 Å². The van der Waals surface area contributed by atoms with Gasteiger partial charge in [-0.1, -0.05) is 0 Å². The molecule has 0 saturated carbocycles. The Labute approximate surface area is 170 Å². The second-order valence-electron chi connectivity index (χ2n) is 5.80. The van der Waals surface area contributed by atoms with E-state index in [2.05, 4.69) is 54.4 Å². The summed E-state index contributed by atoms with van der Waals surface area (Å²) in [5, 5.41) is 0. The summed E-state index contributed by atoms with van der Waals surface area (Å²) in [6, 6.07) is 30.4. The number of hydrogen-bond acceptors (Lipinski definition) is 3. The van der Waals surface area contributed by atoms with E-state index in [0.717, 1.165) is 16.7 Å². The van der Waals surface area contributed by atoms with Crippen molar-refractivity contribution in [1.82, 2.24) is 0 Å². The average Bonchev–Trinajstić information content (AvgIpc) is 2.72. The first-order valence-corrected chi connectivity index (χ1v) is 18.8. The van der Waals surface area contributed by atoms with E-state index in [1.54, 1.807) is 0 Å². The Morgan fingerprint density at radius 1 is 0.500 bits per heavy atom. The van der Waals surface area contributed by atoms with Crippen molar-refractivity contribution >= 4 is 18.0 Å². The van der Waals surface area contributed by atoms with Gasteiger partial charge in [-0.15, -0.1) is 0 Å². The quantitative estimate of drug-likeness (QED) is 0.318. The summed E-state index contributed by atoms with van der Waals surface area (Å²) in [7, 11) is 0. The van der Waals surface area contributed by atoms with Crippen LogP contribution >= 0.6 is 18.0 Å². The number of rotatable bonds is 9. The van der Waals surface area contributed by atoms with Gasteiger partial charge in [0.1, 0.15) is 0 Å². The number of benzene rings is 3. The molecule has 3 rings (SSSR count). The molecule has 0 radical (unpaired) electrons. The van der Waals surface area contributed by atoms with Crippen molar-refractivity contribution < 1.29 is 25.8 Å². The van der Waals surface area contributed by atoms with Crippen LogP contribution in [0, 0.1) is 0 Å². The summed E-state index contributed by atoms with van der Waals surface area (Å²) in [6.45, 7) is 1.51. The molecule has 0 unspecified atom stereocenters. The molecule has 0 aliphatic carbocycles. The van der Waals surface area contributed by atoms with Crippen molar-refractivity contribution in [3.63, 3.8) is 0 Å². The van der Waals surface area contributed by atoms with Crippen LogP contribution in [0.15, 0.2) is 91.0 Å². The zero-order chi connectivity index (χ0) is 18.1. The second kappa shape index (κ2) is 10.5. The molecule has 5 heteroatoms. The molecule has 3 aromatic carbocycles. The Morgan fingerprint density at radius 3 is 1.04 bits per heavy atom. The van der Waals surface area contributed by atoms with Gasteiger partial charge >= 0.3 is 171 Å². The van der Waals surface area contributed by atoms with Crippen molar-refractivity contribution in [1.29, 1.82) is 0 Å². The van der Waals surface area contributed by atoms with E-state index >= 15 is 0 Å². The molecule has 0 fully saturated rings. The van der Waals surface area contributed by atoms with Gasteiger partial charge in [-0.05, 0) is 0 Å². The predicted molar refractivity (Wildman–Crippen MR) is 108 cm³/mol. The van der Waals surface area contributed by atoms with Crippen molar-refractivity contribution in [2.75, 3.05) is 0 Å². The topological polar surface area (TPSA) is 27.7 Å². The van der Waals surface area contributed by atoms with Crippen LogP contribution in [-0.4, -0.2) is 0 Å². The summed E-state index contributed by atoms with van der Waals surface area (Å²) < 4.78 is 18.6. The van der Waals surface area contributed by atoms with Gasteiger partial charge in [-0.2, -0.15) is 0 Å². The Hall–Kier alpha value is -0.847. The summed E-state index contributed by atoms with van der Waals surface area (Å²) in [5.74, 6) is 0. The third kappa shape index (κ3) is 6.71. The van der Waals surface area contributed by atoms with Crippen LogP contribution in [-0.2, 0) is 45.7 Å². The molecule has 0 N–H and O–H groups in total. The van der Waals surface area contributed by atoms with E-state index in [9.17, 15) is 0 Å². The average molecular weight is 540 g/mol. The molecule has 134 valence electrons. The molecular weight excluding hydrogens is 518 g/mol. The third-order valence-corrected chi connectivity index (χ3v) is 12.9. The van der Waals surface area contributed by atoms with Crippen molar-refractivity contribution in [3.05, 3.63) is 108 Å². The van der Waals surface area contributed by atoms with Crippen LogP contribution in [0.25, 0.3) is 0 Å². The van der Waals surface area contributed by atoms with Gasteiger partial charge in [0.2, 0.25) is 0 Å². The molecule has 0 aliphatic rings. The molecule has 0 bridgehead atoms. The van der Waals surface area contributed by atoms with Crippen molar-refractivity contribution in [2.45, 2.75) is 19.8 Å². The Balaban J connectivity index is 1.64. The van der Waals surface area contributed by atoms with Crippen LogP contribution < -0.4 is 0 Å². The van der Waals surface area contributed by atoms with Gasteiger partial charge in [-0.25, -0.2) is 0 Å². The van der Waals surface area contributed by atoms with Crippen molar-refractivity contribution in [2.24, 2.45) is 0 Å². The molecule has 3 aromatic rings. The van der Waals surface area contributed by atoms with Gasteiger partial charge in [0.15, 0.2) is 0 Å². The molecule has 0 heterocycles. The number of hydrogen-bond donors (Lipinski definition) is 0. The van der Waals surface area contributed by atoms with Gasteiger partial charge in [-0.3, -0.25) is 0 Å². The van der Waals surface area contributed by atoms with Crippen LogP contribution in [0.1, 0.15) is 16.7 Å². The molecule has 26 heavy (non-hydrogen) atoms. The van der Waals surface area contributed by atoms with E-state index in [4.69, 9.17) is 8.44 Å². The molecule has 0 atom stereocenters. The molecule has 0 saturated heterocycles. The monoisotopic (exact) mass is 538 g/mol. The van der Waals surface area contributed by atoms with Gasteiger partial charge in [0.05, 0.1) is 0 Å². The fourth-order valence-electron chi connectivity index (χ4n) is 2.36. The number of halogens is 1. The molecule has 0 aliphatic heterocycles. The summed E-state index contributed by atoms with van der Waals surface area (Å²) in [6.07, 6.45) is 0. The van der Waals surface area contributed by atoms with Crippen LogP contribution in [0.2, 0.25) is 0 Å². The summed E-state index contributed by atoms with van der Waals surface area (Å²) in [5.41, 5.74) is 3.37. The maximum atomic E-state index is 6.21. The standard InChI is InChI=1S/3C7H7O.HI.Zr/c3*8-6-7-4-2-1-3-5-7;;/h3*1-5H,6H2;1H;/q3*-1;;+4/p-1. The van der Waals surface area contributed by atoms with E-state index in [0.29, 0.717) is 19.8 Å². The fourth-order valence-corrected chi connectivity index (χ4v) is 8.23. The molecule has 0 amide bonds. The molecular formula is C21H21IO3Zr. The Bertz CT molecular complexity index is 663. The van der Waals surface area contributed by atoms with E-state index < -0.39 is 17.4 Å². The summed E-state index contributed by atoms with van der Waals surface area (Å²) in [4.78, 5) is 0. The molecule has 0 aromatic heterocycles. The van der Waals surface area contributed by atoms with Gasteiger partial charge in [0, 0.05) is 0 Å². The van der Waals surface area contributed by atoms with E-state index in [-0.39, 0.29) is 0 Å². The van der Waals surface area contributed by atoms with E-state index in [1.807, 2.05) is 54.6 Å². The maximum absolute atomic E-state index is 6.21. The van der Waals surface area contributed by atoms with Crippen LogP contribution in [0.4, 0.5) is 0 Å². The minimum atomic E-state index is -3.68. The van der Waals surface area contributed by atoms with E-state index in [1.165, 1.54) is 0 Å². The normalized spacial score (nSPS) is 11.4.